The molecule has 9 heteroatoms. The van der Waals surface area contributed by atoms with Gasteiger partial charge in [0.05, 0.1) is 18.7 Å². The van der Waals surface area contributed by atoms with Gasteiger partial charge in [0, 0.05) is 0 Å². The van der Waals surface area contributed by atoms with Gasteiger partial charge in [0.2, 0.25) is 0 Å². The molecule has 1 aliphatic rings. The van der Waals surface area contributed by atoms with Gasteiger partial charge in [0.15, 0.2) is 0 Å². The zero-order valence-corrected chi connectivity index (χ0v) is 13.6. The van der Waals surface area contributed by atoms with Crippen LogP contribution in [-0.4, -0.2) is 41.9 Å². The zero-order valence-electron chi connectivity index (χ0n) is 11.9. The lowest BCUT2D eigenvalue weighted by atomic mass is 10.00. The normalized spacial score (nSPS) is 22.8. The molecule has 0 aromatic rings. The third-order valence-electron chi connectivity index (χ3n) is 2.77. The van der Waals surface area contributed by atoms with Crippen LogP contribution in [0, 0.1) is 0 Å². The van der Waals surface area contributed by atoms with Crippen molar-refractivity contribution in [3.8, 4) is 0 Å². The third-order valence-corrected chi connectivity index (χ3v) is 6.56. The molecule has 2 N–H and O–H groups in total. The molecule has 1 atom stereocenters. The molecule has 116 valence electrons. The van der Waals surface area contributed by atoms with Crippen molar-refractivity contribution in [3.05, 3.63) is 0 Å². The van der Waals surface area contributed by atoms with Gasteiger partial charge in [0.1, 0.15) is 5.54 Å². The number of amides is 3. The fourth-order valence-corrected chi connectivity index (χ4v) is 5.13. The van der Waals surface area contributed by atoms with E-state index in [1.165, 1.54) is 11.8 Å². The maximum Gasteiger partial charge on any atom is 0.340 e. The van der Waals surface area contributed by atoms with Crippen LogP contribution in [0.1, 0.15) is 27.2 Å². The van der Waals surface area contributed by atoms with E-state index < -0.39 is 19.2 Å². The first kappa shape index (κ1) is 17.5. The first-order valence-corrected chi connectivity index (χ1v) is 9.33. The average Bonchev–Trinajstić information content (AvgIpc) is 2.60. The molecular weight excluding hydrogens is 303 g/mol. The lowest BCUT2D eigenvalue weighted by molar-refractivity contribution is -0.123. The van der Waals surface area contributed by atoms with Crippen LogP contribution in [0.2, 0.25) is 0 Å². The Kier molecular flexibility index (Phi) is 6.51. The Hall–Kier alpha value is -0.560. The van der Waals surface area contributed by atoms with Gasteiger partial charge in [-0.05, 0) is 32.9 Å². The van der Waals surface area contributed by atoms with Gasteiger partial charge in [-0.15, -0.1) is 11.8 Å². The zero-order chi connectivity index (χ0) is 15.2. The van der Waals surface area contributed by atoms with Crippen molar-refractivity contribution in [2.75, 3.05) is 24.5 Å². The maximum atomic E-state index is 12.2. The van der Waals surface area contributed by atoms with E-state index in [4.69, 9.17) is 9.05 Å². The summed E-state index contributed by atoms with van der Waals surface area (Å²) in [6.07, 6.45) is 0.452. The number of carbonyl (C=O) groups excluding carboxylic acids is 2. The van der Waals surface area contributed by atoms with Crippen LogP contribution in [0.3, 0.4) is 0 Å². The van der Waals surface area contributed by atoms with Crippen molar-refractivity contribution in [1.82, 2.24) is 10.6 Å². The molecule has 0 bridgehead atoms. The Morgan fingerprint density at radius 3 is 2.30 bits per heavy atom. The molecule has 0 spiro atoms. The van der Waals surface area contributed by atoms with Crippen LogP contribution in [0.4, 0.5) is 4.79 Å². The monoisotopic (exact) mass is 324 g/mol. The lowest BCUT2D eigenvalue weighted by Crippen LogP contribution is -2.44. The van der Waals surface area contributed by atoms with E-state index >= 15 is 0 Å². The van der Waals surface area contributed by atoms with Gasteiger partial charge in [-0.3, -0.25) is 14.7 Å². The molecule has 1 heterocycles. The molecule has 1 aliphatic heterocycles. The fraction of sp³-hybridized carbons (Fsp3) is 0.818. The van der Waals surface area contributed by atoms with Crippen molar-refractivity contribution in [1.29, 1.82) is 0 Å². The van der Waals surface area contributed by atoms with Crippen molar-refractivity contribution in [2.24, 2.45) is 0 Å². The van der Waals surface area contributed by atoms with Crippen LogP contribution in [0.5, 0.6) is 0 Å². The summed E-state index contributed by atoms with van der Waals surface area (Å²) in [6.45, 7) is 5.84. The Labute approximate surface area is 123 Å². The second-order valence-corrected chi connectivity index (χ2v) is 8.06. The number of hydrogen-bond acceptors (Lipinski definition) is 6. The number of thioether (sulfide) groups is 1. The molecule has 0 aliphatic carbocycles. The summed E-state index contributed by atoms with van der Waals surface area (Å²) in [5.74, 6) is 0.231. The van der Waals surface area contributed by atoms with Crippen LogP contribution in [0.15, 0.2) is 0 Å². The molecule has 20 heavy (non-hydrogen) atoms. The first-order valence-electron chi connectivity index (χ1n) is 6.44. The maximum absolute atomic E-state index is 12.2. The summed E-state index contributed by atoms with van der Waals surface area (Å²) in [5.41, 5.74) is -0.661. The molecule has 1 saturated heterocycles. The Morgan fingerprint density at radius 1 is 1.25 bits per heavy atom. The number of rotatable bonds is 9. The number of nitrogens with one attached hydrogen (secondary N) is 2. The van der Waals surface area contributed by atoms with Crippen molar-refractivity contribution in [3.63, 3.8) is 0 Å². The number of carbonyl (C=O) groups is 2. The van der Waals surface area contributed by atoms with Crippen LogP contribution >= 0.6 is 19.4 Å². The van der Waals surface area contributed by atoms with Crippen molar-refractivity contribution >= 4 is 31.3 Å². The highest BCUT2D eigenvalue weighted by Gasteiger charge is 2.41. The van der Waals surface area contributed by atoms with E-state index in [1.54, 1.807) is 20.8 Å². The molecule has 7 nitrogen and oxygen atoms in total. The van der Waals surface area contributed by atoms with Gasteiger partial charge in [-0.1, -0.05) is 0 Å². The number of urea groups is 1. The van der Waals surface area contributed by atoms with Gasteiger partial charge in [0.25, 0.3) is 5.91 Å². The molecular formula is C11H21N2O5PS. The highest BCUT2D eigenvalue weighted by atomic mass is 32.2. The van der Waals surface area contributed by atoms with Crippen LogP contribution < -0.4 is 10.6 Å². The van der Waals surface area contributed by atoms with Crippen molar-refractivity contribution in [2.45, 2.75) is 32.7 Å². The highest BCUT2D eigenvalue weighted by Crippen LogP contribution is 2.50. The summed E-state index contributed by atoms with van der Waals surface area (Å²) < 4.78 is 22.5. The summed E-state index contributed by atoms with van der Waals surface area (Å²) >= 11 is 1.38. The van der Waals surface area contributed by atoms with E-state index in [1.807, 2.05) is 0 Å². The standard InChI is InChI=1S/C11H21N2O5PS/c1-4-17-19(16,18-5-2)8-20-7-6-11(3)9(14)12-10(15)13-11/h4-8H2,1-3H3,(H2,12,13,14,15). The first-order chi connectivity index (χ1) is 9.35. The second-order valence-electron chi connectivity index (χ2n) is 4.47. The predicted molar refractivity (Wildman–Crippen MR) is 77.9 cm³/mol. The molecule has 0 saturated carbocycles. The molecule has 0 aromatic heterocycles. The van der Waals surface area contributed by atoms with Crippen LogP contribution in [0.25, 0.3) is 0 Å². The quantitative estimate of drug-likeness (QED) is 0.382. The van der Waals surface area contributed by atoms with Crippen molar-refractivity contribution < 1.29 is 23.2 Å². The minimum Gasteiger partial charge on any atom is -0.324 e. The molecule has 1 fully saturated rings. The van der Waals surface area contributed by atoms with E-state index in [0.717, 1.165) is 0 Å². The molecule has 0 aromatic carbocycles. The minimum atomic E-state index is -3.05. The minimum absolute atomic E-state index is 0.236. The summed E-state index contributed by atoms with van der Waals surface area (Å²) in [5, 5.41) is 4.79. The number of imide groups is 1. The third kappa shape index (κ3) is 4.77. The average molecular weight is 324 g/mol. The summed E-state index contributed by atoms with van der Waals surface area (Å²) in [6, 6.07) is -0.475. The largest absolute Gasteiger partial charge is 0.340 e. The summed E-state index contributed by atoms with van der Waals surface area (Å²) in [7, 11) is -3.05. The number of hydrogen-bond donors (Lipinski definition) is 2. The van der Waals surface area contributed by atoms with E-state index in [0.29, 0.717) is 25.4 Å². The Morgan fingerprint density at radius 2 is 1.85 bits per heavy atom. The van der Waals surface area contributed by atoms with Crippen LogP contribution in [-0.2, 0) is 18.4 Å². The van der Waals surface area contributed by atoms with Gasteiger partial charge >= 0.3 is 13.6 Å². The topological polar surface area (TPSA) is 93.7 Å². The molecule has 3 amide bonds. The Bertz CT molecular complexity index is 410. The molecule has 1 rings (SSSR count). The second kappa shape index (κ2) is 7.45. The van der Waals surface area contributed by atoms with E-state index in [-0.39, 0.29) is 11.4 Å². The van der Waals surface area contributed by atoms with E-state index in [2.05, 4.69) is 10.6 Å². The van der Waals surface area contributed by atoms with Gasteiger partial charge in [-0.2, -0.15) is 0 Å². The SMILES string of the molecule is CCOP(=O)(CSCCC1(C)NC(=O)NC1=O)OCC. The summed E-state index contributed by atoms with van der Waals surface area (Å²) in [4.78, 5) is 22.7. The highest BCUT2D eigenvalue weighted by molar-refractivity contribution is 8.04. The lowest BCUT2D eigenvalue weighted by Gasteiger charge is -2.21. The molecule has 0 radical (unpaired) electrons. The fourth-order valence-electron chi connectivity index (χ4n) is 1.71. The molecule has 1 unspecified atom stereocenters. The van der Waals surface area contributed by atoms with E-state index in [9.17, 15) is 14.2 Å². The predicted octanol–water partition coefficient (Wildman–Crippen LogP) is 1.93. The smallest absolute Gasteiger partial charge is 0.324 e. The van der Waals surface area contributed by atoms with Gasteiger partial charge in [-0.25, -0.2) is 4.79 Å². The Balaban J connectivity index is 2.39. The van der Waals surface area contributed by atoms with Gasteiger partial charge < -0.3 is 14.4 Å².